The van der Waals surface area contributed by atoms with Crippen LogP contribution in [0.25, 0.3) is 11.1 Å². The molecule has 5 heteroatoms. The van der Waals surface area contributed by atoms with Crippen molar-refractivity contribution < 1.29 is 14.3 Å². The summed E-state index contributed by atoms with van der Waals surface area (Å²) in [5.74, 6) is 2.16. The quantitative estimate of drug-likeness (QED) is 0.320. The number of fused-ring (bicyclic) bond motifs is 1. The van der Waals surface area contributed by atoms with Crippen LogP contribution >= 0.6 is 11.8 Å². The van der Waals surface area contributed by atoms with Gasteiger partial charge in [0.15, 0.2) is 0 Å². The van der Waals surface area contributed by atoms with Crippen molar-refractivity contribution in [3.05, 3.63) is 89.5 Å². The average molecular weight is 460 g/mol. The number of ether oxygens (including phenoxy) is 2. The first-order chi connectivity index (χ1) is 16.0. The van der Waals surface area contributed by atoms with Gasteiger partial charge in [-0.3, -0.25) is 4.79 Å². The Hall–Kier alpha value is -3.02. The summed E-state index contributed by atoms with van der Waals surface area (Å²) >= 11 is 1.91. The minimum Gasteiger partial charge on any atom is -0.492 e. The first-order valence-corrected chi connectivity index (χ1v) is 12.1. The lowest BCUT2D eigenvalue weighted by Crippen LogP contribution is -2.19. The number of esters is 1. The number of hydrogen-bond donors (Lipinski definition) is 0. The maximum atomic E-state index is 11.3. The van der Waals surface area contributed by atoms with Crippen molar-refractivity contribution in [1.82, 2.24) is 4.90 Å². The lowest BCUT2D eigenvalue weighted by atomic mass is 9.88. The van der Waals surface area contributed by atoms with E-state index in [0.29, 0.717) is 12.4 Å². The Morgan fingerprint density at radius 3 is 2.18 bits per heavy atom. The molecule has 0 aliphatic carbocycles. The van der Waals surface area contributed by atoms with E-state index in [2.05, 4.69) is 41.3 Å². The third-order valence-electron chi connectivity index (χ3n) is 5.48. The van der Waals surface area contributed by atoms with Crippen molar-refractivity contribution in [3.63, 3.8) is 0 Å². The molecule has 0 bridgehead atoms. The fourth-order valence-corrected chi connectivity index (χ4v) is 4.98. The molecular formula is C28H29NO3S. The first kappa shape index (κ1) is 23.1. The number of nitrogens with zero attached hydrogens (tertiary/aromatic N) is 1. The molecule has 170 valence electrons. The SMILES string of the molecule is CC(=O)Oc1ccc(C(=C2CCSc3ccccc32)c2ccc(OCCN(C)C)cc2)cc1. The summed E-state index contributed by atoms with van der Waals surface area (Å²) in [5.41, 5.74) is 6.08. The van der Waals surface area contributed by atoms with Crippen molar-refractivity contribution in [2.24, 2.45) is 0 Å². The molecule has 3 aromatic carbocycles. The third kappa shape index (κ3) is 5.86. The molecule has 4 rings (SSSR count). The number of carbonyl (C=O) groups excluding carboxylic acids is 1. The normalized spacial score (nSPS) is 14.5. The van der Waals surface area contributed by atoms with Crippen molar-refractivity contribution in [2.45, 2.75) is 18.2 Å². The van der Waals surface area contributed by atoms with Gasteiger partial charge in [-0.05, 0) is 78.7 Å². The molecule has 0 amide bonds. The van der Waals surface area contributed by atoms with Gasteiger partial charge in [0.2, 0.25) is 0 Å². The van der Waals surface area contributed by atoms with Gasteiger partial charge in [0.25, 0.3) is 0 Å². The fraction of sp³-hybridized carbons (Fsp3) is 0.250. The summed E-state index contributed by atoms with van der Waals surface area (Å²) in [4.78, 5) is 14.8. The number of thioether (sulfide) groups is 1. The molecule has 4 nitrogen and oxygen atoms in total. The summed E-state index contributed by atoms with van der Waals surface area (Å²) in [6, 6.07) is 24.8. The van der Waals surface area contributed by atoms with Crippen LogP contribution in [-0.4, -0.2) is 43.9 Å². The zero-order valence-corrected chi connectivity index (χ0v) is 20.2. The van der Waals surface area contributed by atoms with E-state index < -0.39 is 0 Å². The molecule has 0 atom stereocenters. The van der Waals surface area contributed by atoms with Crippen LogP contribution in [0.2, 0.25) is 0 Å². The van der Waals surface area contributed by atoms with Gasteiger partial charge >= 0.3 is 5.97 Å². The van der Waals surface area contributed by atoms with Crippen LogP contribution in [0.3, 0.4) is 0 Å². The van der Waals surface area contributed by atoms with E-state index in [-0.39, 0.29) is 5.97 Å². The number of rotatable bonds is 7. The molecule has 0 saturated carbocycles. The molecule has 1 heterocycles. The molecule has 0 unspecified atom stereocenters. The van der Waals surface area contributed by atoms with E-state index in [0.717, 1.165) is 35.6 Å². The van der Waals surface area contributed by atoms with Gasteiger partial charge in [0.1, 0.15) is 18.1 Å². The number of benzene rings is 3. The van der Waals surface area contributed by atoms with E-state index in [4.69, 9.17) is 9.47 Å². The maximum Gasteiger partial charge on any atom is 0.308 e. The summed E-state index contributed by atoms with van der Waals surface area (Å²) in [7, 11) is 4.08. The lowest BCUT2D eigenvalue weighted by molar-refractivity contribution is -0.131. The van der Waals surface area contributed by atoms with Crippen LogP contribution in [0.15, 0.2) is 77.7 Å². The summed E-state index contributed by atoms with van der Waals surface area (Å²) in [5, 5.41) is 0. The summed E-state index contributed by atoms with van der Waals surface area (Å²) in [6.07, 6.45) is 0.990. The molecule has 0 fully saturated rings. The van der Waals surface area contributed by atoms with E-state index in [9.17, 15) is 4.79 Å². The maximum absolute atomic E-state index is 11.3. The summed E-state index contributed by atoms with van der Waals surface area (Å²) in [6.45, 7) is 2.95. The smallest absolute Gasteiger partial charge is 0.308 e. The molecule has 0 radical (unpaired) electrons. The number of hydrogen-bond acceptors (Lipinski definition) is 5. The fourth-order valence-electron chi connectivity index (χ4n) is 3.93. The Morgan fingerprint density at radius 1 is 0.909 bits per heavy atom. The molecule has 33 heavy (non-hydrogen) atoms. The number of allylic oxidation sites excluding steroid dienone is 1. The van der Waals surface area contributed by atoms with Gasteiger partial charge in [-0.1, -0.05) is 42.5 Å². The van der Waals surface area contributed by atoms with Gasteiger partial charge < -0.3 is 14.4 Å². The van der Waals surface area contributed by atoms with Crippen LogP contribution < -0.4 is 9.47 Å². The highest BCUT2D eigenvalue weighted by atomic mass is 32.2. The number of likely N-dealkylation sites (N-methyl/N-ethyl adjacent to an activating group) is 1. The molecule has 1 aliphatic heterocycles. The Morgan fingerprint density at radius 2 is 1.55 bits per heavy atom. The van der Waals surface area contributed by atoms with Crippen molar-refractivity contribution >= 4 is 28.9 Å². The van der Waals surface area contributed by atoms with Crippen LogP contribution in [0.4, 0.5) is 0 Å². The van der Waals surface area contributed by atoms with E-state index in [1.807, 2.05) is 62.3 Å². The third-order valence-corrected chi connectivity index (χ3v) is 6.55. The second-order valence-electron chi connectivity index (χ2n) is 8.24. The molecule has 1 aliphatic rings. The lowest BCUT2D eigenvalue weighted by Gasteiger charge is -2.23. The minimum atomic E-state index is -0.315. The highest BCUT2D eigenvalue weighted by Crippen LogP contribution is 2.43. The highest BCUT2D eigenvalue weighted by molar-refractivity contribution is 7.99. The number of carbonyl (C=O) groups is 1. The predicted molar refractivity (Wildman–Crippen MR) is 136 cm³/mol. The zero-order chi connectivity index (χ0) is 23.2. The van der Waals surface area contributed by atoms with Crippen molar-refractivity contribution in [3.8, 4) is 11.5 Å². The van der Waals surface area contributed by atoms with Crippen molar-refractivity contribution in [2.75, 3.05) is 33.0 Å². The average Bonchev–Trinajstić information content (AvgIpc) is 2.81. The van der Waals surface area contributed by atoms with Crippen LogP contribution in [-0.2, 0) is 4.79 Å². The van der Waals surface area contributed by atoms with Gasteiger partial charge in [-0.25, -0.2) is 0 Å². The molecule has 0 spiro atoms. The summed E-state index contributed by atoms with van der Waals surface area (Å²) < 4.78 is 11.2. The second-order valence-corrected chi connectivity index (χ2v) is 9.38. The predicted octanol–water partition coefficient (Wildman–Crippen LogP) is 6.01. The monoisotopic (exact) mass is 459 g/mol. The Bertz CT molecular complexity index is 1130. The van der Waals surface area contributed by atoms with Gasteiger partial charge in [-0.15, -0.1) is 11.8 Å². The largest absolute Gasteiger partial charge is 0.492 e. The van der Waals surface area contributed by atoms with Crippen LogP contribution in [0, 0.1) is 0 Å². The standard InChI is InChI=1S/C28H29NO3S/c1-20(30)32-24-14-10-22(11-15-24)28(26-16-19-33-27-7-5-4-6-25(26)27)21-8-12-23(13-9-21)31-18-17-29(2)3/h4-15H,16-19H2,1-3H3. The Labute approximate surface area is 200 Å². The van der Waals surface area contributed by atoms with E-state index in [1.54, 1.807) is 0 Å². The van der Waals surface area contributed by atoms with Crippen LogP contribution in [0.5, 0.6) is 11.5 Å². The molecular weight excluding hydrogens is 430 g/mol. The van der Waals surface area contributed by atoms with Gasteiger partial charge in [0, 0.05) is 24.1 Å². The van der Waals surface area contributed by atoms with E-state index in [1.165, 1.54) is 28.5 Å². The second kappa shape index (κ2) is 10.7. The molecule has 3 aromatic rings. The van der Waals surface area contributed by atoms with E-state index >= 15 is 0 Å². The Kier molecular flexibility index (Phi) is 7.53. The first-order valence-electron chi connectivity index (χ1n) is 11.1. The molecule has 0 N–H and O–H groups in total. The van der Waals surface area contributed by atoms with Gasteiger partial charge in [0.05, 0.1) is 0 Å². The minimum absolute atomic E-state index is 0.315. The highest BCUT2D eigenvalue weighted by Gasteiger charge is 2.20. The molecule has 0 aromatic heterocycles. The van der Waals surface area contributed by atoms with Gasteiger partial charge in [-0.2, -0.15) is 0 Å². The van der Waals surface area contributed by atoms with Crippen LogP contribution in [0.1, 0.15) is 30.0 Å². The zero-order valence-electron chi connectivity index (χ0n) is 19.3. The Balaban J connectivity index is 1.74. The molecule has 0 saturated heterocycles. The topological polar surface area (TPSA) is 38.8 Å². The van der Waals surface area contributed by atoms with Crippen molar-refractivity contribution in [1.29, 1.82) is 0 Å².